The fraction of sp³-hybridized carbons (Fsp3) is 0.480. The third-order valence-corrected chi connectivity index (χ3v) is 7.47. The summed E-state index contributed by atoms with van der Waals surface area (Å²) in [6.45, 7) is 0. The molecule has 4 aromatic rings. The first-order chi connectivity index (χ1) is 17.2. The van der Waals surface area contributed by atoms with Crippen molar-refractivity contribution in [3.8, 4) is 11.5 Å². The van der Waals surface area contributed by atoms with E-state index < -0.39 is 18.2 Å². The highest BCUT2D eigenvalue weighted by molar-refractivity contribution is 5.92. The van der Waals surface area contributed by atoms with Crippen LogP contribution in [0, 0.1) is 5.92 Å². The van der Waals surface area contributed by atoms with Gasteiger partial charge in [0.05, 0.1) is 19.9 Å². The van der Waals surface area contributed by atoms with Crippen LogP contribution in [0.4, 0.5) is 13.2 Å². The molecule has 8 nitrogen and oxygen atoms in total. The van der Waals surface area contributed by atoms with Crippen molar-refractivity contribution in [2.45, 2.75) is 56.2 Å². The van der Waals surface area contributed by atoms with Gasteiger partial charge in [-0.25, -0.2) is 9.50 Å². The highest BCUT2D eigenvalue weighted by Gasteiger charge is 2.55. The minimum absolute atomic E-state index is 0.0750. The first-order valence-electron chi connectivity index (χ1n) is 11.9. The lowest BCUT2D eigenvalue weighted by molar-refractivity contribution is -0.270. The largest absolute Gasteiger partial charge is 0.493 e. The van der Waals surface area contributed by atoms with Crippen LogP contribution in [0.5, 0.6) is 11.5 Å². The van der Waals surface area contributed by atoms with Crippen LogP contribution in [-0.2, 0) is 5.60 Å². The van der Waals surface area contributed by atoms with Gasteiger partial charge in [0.1, 0.15) is 17.5 Å². The molecule has 0 bridgehead atoms. The summed E-state index contributed by atoms with van der Waals surface area (Å²) < 4.78 is 54.3. The van der Waals surface area contributed by atoms with Crippen LogP contribution in [0.3, 0.4) is 0 Å². The first-order valence-corrected chi connectivity index (χ1v) is 11.9. The van der Waals surface area contributed by atoms with Gasteiger partial charge in [-0.3, -0.25) is 0 Å². The van der Waals surface area contributed by atoms with Crippen molar-refractivity contribution in [2.75, 3.05) is 14.2 Å². The van der Waals surface area contributed by atoms with E-state index in [1.54, 1.807) is 10.8 Å². The monoisotopic (exact) mass is 503 g/mol. The van der Waals surface area contributed by atoms with Crippen LogP contribution in [0.15, 0.2) is 36.8 Å². The molecular weight excluding hydrogens is 475 g/mol. The Morgan fingerprint density at radius 1 is 1.08 bits per heavy atom. The summed E-state index contributed by atoms with van der Waals surface area (Å²) in [7, 11) is 2.76. The number of fused-ring (bicyclic) bond motifs is 3. The molecule has 1 aromatic carbocycles. The van der Waals surface area contributed by atoms with Crippen LogP contribution in [0.1, 0.15) is 55.7 Å². The number of methoxy groups -OCH3 is 2. The number of ether oxygens (including phenoxy) is 2. The van der Waals surface area contributed by atoms with E-state index in [-0.39, 0.29) is 29.6 Å². The number of aromatic amines is 1. The fourth-order valence-corrected chi connectivity index (χ4v) is 5.37. The second-order valence-electron chi connectivity index (χ2n) is 9.44. The average Bonchev–Trinajstić information content (AvgIpc) is 3.53. The number of rotatable bonds is 7. The number of nitrogens with one attached hydrogen (secondary N) is 1. The van der Waals surface area contributed by atoms with Gasteiger partial charge in [-0.15, -0.1) is 5.10 Å². The topological polar surface area (TPSA) is 97.6 Å². The highest BCUT2D eigenvalue weighted by Crippen LogP contribution is 2.47. The van der Waals surface area contributed by atoms with Gasteiger partial charge < -0.3 is 19.6 Å². The molecule has 1 aliphatic carbocycles. The van der Waals surface area contributed by atoms with Crippen molar-refractivity contribution in [1.29, 1.82) is 0 Å². The van der Waals surface area contributed by atoms with E-state index >= 15 is 0 Å². The molecule has 0 spiro atoms. The fourth-order valence-electron chi connectivity index (χ4n) is 5.37. The summed E-state index contributed by atoms with van der Waals surface area (Å²) in [6, 6.07) is 5.79. The smallest absolute Gasteiger partial charge is 0.421 e. The Bertz CT molecular complexity index is 1360. The number of hydrogen-bond donors (Lipinski definition) is 2. The maximum atomic E-state index is 14.1. The second-order valence-corrected chi connectivity index (χ2v) is 9.44. The molecule has 2 N–H and O–H groups in total. The molecule has 0 amide bonds. The molecule has 1 unspecified atom stereocenters. The summed E-state index contributed by atoms with van der Waals surface area (Å²) in [4.78, 5) is 7.43. The average molecular weight is 504 g/mol. The zero-order chi connectivity index (χ0) is 25.5. The van der Waals surface area contributed by atoms with E-state index in [9.17, 15) is 18.3 Å². The number of hydrogen-bond acceptors (Lipinski definition) is 6. The quantitative estimate of drug-likeness (QED) is 0.363. The lowest BCUT2D eigenvalue weighted by Gasteiger charge is -2.34. The minimum atomic E-state index is -4.83. The maximum absolute atomic E-state index is 14.1. The van der Waals surface area contributed by atoms with Crippen LogP contribution in [0.2, 0.25) is 0 Å². The van der Waals surface area contributed by atoms with Gasteiger partial charge in [-0.05, 0) is 68.2 Å². The van der Waals surface area contributed by atoms with Crippen molar-refractivity contribution < 1.29 is 27.8 Å². The molecule has 0 radical (unpaired) electrons. The van der Waals surface area contributed by atoms with Crippen LogP contribution in [-0.4, -0.2) is 50.3 Å². The number of alkyl halides is 3. The lowest BCUT2D eigenvalue weighted by Crippen LogP contribution is -2.42. The van der Waals surface area contributed by atoms with Crippen LogP contribution >= 0.6 is 0 Å². The standard InChI is InChI=1S/C25H28F3N5O3/c1-35-19-8-7-17(13-20(19)36-2)24(34,25(26,27)28)11-9-15-3-5-16(6-4-15)21-22-18-10-12-29-23(18)30-14-33(22)32-31-21/h7-8,10,12-16,29,34H,3-6,9,11H2,1-2H3. The minimum Gasteiger partial charge on any atom is -0.493 e. The number of halogens is 3. The van der Waals surface area contributed by atoms with E-state index in [1.165, 1.54) is 32.4 Å². The van der Waals surface area contributed by atoms with Crippen molar-refractivity contribution in [3.05, 3.63) is 48.0 Å². The first kappa shape index (κ1) is 24.4. The van der Waals surface area contributed by atoms with Gasteiger partial charge >= 0.3 is 6.18 Å². The van der Waals surface area contributed by atoms with Gasteiger partial charge in [0.15, 0.2) is 17.1 Å². The molecule has 5 rings (SSSR count). The zero-order valence-electron chi connectivity index (χ0n) is 20.0. The second kappa shape index (κ2) is 9.27. The summed E-state index contributed by atoms with van der Waals surface area (Å²) in [5.74, 6) is 0.696. The van der Waals surface area contributed by atoms with E-state index in [1.807, 2.05) is 12.3 Å². The van der Waals surface area contributed by atoms with Crippen molar-refractivity contribution in [2.24, 2.45) is 5.92 Å². The number of benzene rings is 1. The third kappa shape index (κ3) is 4.15. The number of aromatic nitrogens is 5. The number of nitrogens with zero attached hydrogens (tertiary/aromatic N) is 4. The molecule has 1 fully saturated rings. The molecule has 3 heterocycles. The van der Waals surface area contributed by atoms with Crippen molar-refractivity contribution in [1.82, 2.24) is 24.8 Å². The molecule has 192 valence electrons. The van der Waals surface area contributed by atoms with Gasteiger partial charge in [-0.2, -0.15) is 13.2 Å². The van der Waals surface area contributed by atoms with Crippen LogP contribution < -0.4 is 9.47 Å². The number of aliphatic hydroxyl groups is 1. The van der Waals surface area contributed by atoms with E-state index in [0.717, 1.165) is 47.9 Å². The predicted molar refractivity (Wildman–Crippen MR) is 126 cm³/mol. The van der Waals surface area contributed by atoms with E-state index in [4.69, 9.17) is 9.47 Å². The van der Waals surface area contributed by atoms with Gasteiger partial charge in [0.2, 0.25) is 0 Å². The Morgan fingerprint density at radius 2 is 1.83 bits per heavy atom. The summed E-state index contributed by atoms with van der Waals surface area (Å²) >= 11 is 0. The van der Waals surface area contributed by atoms with Crippen molar-refractivity contribution >= 4 is 16.6 Å². The molecule has 1 aliphatic rings. The molecule has 3 aromatic heterocycles. The van der Waals surface area contributed by atoms with E-state index in [2.05, 4.69) is 20.3 Å². The molecule has 0 aliphatic heterocycles. The predicted octanol–water partition coefficient (Wildman–Crippen LogP) is 5.13. The molecular formula is C25H28F3N5O3. The SMILES string of the molecule is COc1ccc(C(O)(CCC2CCC(c3nnn4cnc5[nH]ccc5c34)CC2)C(F)(F)F)cc1OC. The molecule has 36 heavy (non-hydrogen) atoms. The zero-order valence-corrected chi connectivity index (χ0v) is 20.0. The molecule has 11 heteroatoms. The Morgan fingerprint density at radius 3 is 2.53 bits per heavy atom. The lowest BCUT2D eigenvalue weighted by atomic mass is 9.76. The Hall–Kier alpha value is -3.34. The van der Waals surface area contributed by atoms with E-state index in [0.29, 0.717) is 5.75 Å². The molecule has 0 saturated heterocycles. The van der Waals surface area contributed by atoms with Gasteiger partial charge in [0.25, 0.3) is 0 Å². The summed E-state index contributed by atoms with van der Waals surface area (Å²) in [5.41, 5.74) is -0.634. The Kier molecular flexibility index (Phi) is 6.27. The summed E-state index contributed by atoms with van der Waals surface area (Å²) in [6.07, 6.45) is 1.56. The Balaban J connectivity index is 1.29. The van der Waals surface area contributed by atoms with Gasteiger partial charge in [-0.1, -0.05) is 11.3 Å². The van der Waals surface area contributed by atoms with Crippen LogP contribution in [0.25, 0.3) is 16.6 Å². The third-order valence-electron chi connectivity index (χ3n) is 7.47. The molecule has 1 atom stereocenters. The van der Waals surface area contributed by atoms with Crippen molar-refractivity contribution in [3.63, 3.8) is 0 Å². The van der Waals surface area contributed by atoms with Gasteiger partial charge in [0, 0.05) is 17.5 Å². The maximum Gasteiger partial charge on any atom is 0.421 e. The number of H-pyrrole nitrogens is 1. The Labute approximate surface area is 205 Å². The summed E-state index contributed by atoms with van der Waals surface area (Å²) in [5, 5.41) is 20.5. The normalized spacial score (nSPS) is 20.5. The highest BCUT2D eigenvalue weighted by atomic mass is 19.4. The molecule has 1 saturated carbocycles.